The fourth-order valence-electron chi connectivity index (χ4n) is 2.26. The normalized spacial score (nSPS) is 15.4. The maximum atomic E-state index is 4.67. The van der Waals surface area contributed by atoms with Gasteiger partial charge in [-0.2, -0.15) is 0 Å². The van der Waals surface area contributed by atoms with Gasteiger partial charge in [0.25, 0.3) is 0 Å². The number of nitrogens with zero attached hydrogens (tertiary/aromatic N) is 2. The first-order valence-corrected chi connectivity index (χ1v) is 7.93. The fraction of sp³-hybridized carbons (Fsp3) is 0.706. The lowest BCUT2D eigenvalue weighted by Crippen LogP contribution is -2.35. The molecule has 0 saturated heterocycles. The van der Waals surface area contributed by atoms with E-state index in [-0.39, 0.29) is 5.54 Å². The van der Waals surface area contributed by atoms with Crippen LogP contribution >= 0.6 is 0 Å². The van der Waals surface area contributed by atoms with E-state index in [1.807, 2.05) is 6.20 Å². The average Bonchev–Trinajstić information content (AvgIpc) is 3.20. The highest BCUT2D eigenvalue weighted by Crippen LogP contribution is 2.31. The third-order valence-electron chi connectivity index (χ3n) is 3.62. The van der Waals surface area contributed by atoms with Crippen molar-refractivity contribution in [3.05, 3.63) is 23.9 Å². The molecule has 1 aliphatic carbocycles. The van der Waals surface area contributed by atoms with Crippen LogP contribution in [0.3, 0.4) is 0 Å². The van der Waals surface area contributed by atoms with Gasteiger partial charge in [0.05, 0.1) is 0 Å². The number of nitrogens with one attached hydrogen (secondary N) is 1. The molecular formula is C17H29N3. The van der Waals surface area contributed by atoms with Gasteiger partial charge in [0, 0.05) is 31.4 Å². The second kappa shape index (κ2) is 6.57. The summed E-state index contributed by atoms with van der Waals surface area (Å²) in [6.07, 6.45) is 5.99. The Hall–Kier alpha value is -1.09. The molecule has 0 bridgehead atoms. The highest BCUT2D eigenvalue weighted by molar-refractivity contribution is 5.39. The predicted molar refractivity (Wildman–Crippen MR) is 86.1 cm³/mol. The Morgan fingerprint density at radius 2 is 2.05 bits per heavy atom. The summed E-state index contributed by atoms with van der Waals surface area (Å²) in [6, 6.07) is 4.38. The van der Waals surface area contributed by atoms with Crippen molar-refractivity contribution in [3.63, 3.8) is 0 Å². The molecule has 20 heavy (non-hydrogen) atoms. The van der Waals surface area contributed by atoms with Crippen LogP contribution in [0.2, 0.25) is 0 Å². The van der Waals surface area contributed by atoms with Crippen molar-refractivity contribution in [2.24, 2.45) is 5.92 Å². The zero-order chi connectivity index (χ0) is 14.6. The molecule has 0 aromatic carbocycles. The summed E-state index contributed by atoms with van der Waals surface area (Å²) in [5, 5.41) is 3.50. The van der Waals surface area contributed by atoms with Crippen LogP contribution in [0.1, 0.15) is 52.5 Å². The smallest absolute Gasteiger partial charge is 0.128 e. The van der Waals surface area contributed by atoms with Crippen molar-refractivity contribution in [2.75, 3.05) is 18.0 Å². The molecule has 0 aliphatic heterocycles. The van der Waals surface area contributed by atoms with Gasteiger partial charge in [-0.25, -0.2) is 4.98 Å². The van der Waals surface area contributed by atoms with E-state index in [2.05, 4.69) is 55.0 Å². The molecule has 0 radical (unpaired) electrons. The summed E-state index contributed by atoms with van der Waals surface area (Å²) in [4.78, 5) is 7.11. The minimum absolute atomic E-state index is 0.152. The van der Waals surface area contributed by atoms with E-state index >= 15 is 0 Å². The second-order valence-electron chi connectivity index (χ2n) is 7.02. The summed E-state index contributed by atoms with van der Waals surface area (Å²) in [6.45, 7) is 12.0. The Balaban J connectivity index is 1.94. The second-order valence-corrected chi connectivity index (χ2v) is 7.02. The van der Waals surface area contributed by atoms with E-state index in [0.29, 0.717) is 0 Å². The Morgan fingerprint density at radius 1 is 1.30 bits per heavy atom. The fourth-order valence-corrected chi connectivity index (χ4v) is 2.26. The molecule has 112 valence electrons. The topological polar surface area (TPSA) is 28.2 Å². The molecule has 1 aliphatic rings. The van der Waals surface area contributed by atoms with Gasteiger partial charge >= 0.3 is 0 Å². The van der Waals surface area contributed by atoms with Crippen molar-refractivity contribution < 1.29 is 0 Å². The summed E-state index contributed by atoms with van der Waals surface area (Å²) < 4.78 is 0. The summed E-state index contributed by atoms with van der Waals surface area (Å²) in [5.41, 5.74) is 1.41. The van der Waals surface area contributed by atoms with Crippen LogP contribution in [0.5, 0.6) is 0 Å². The number of rotatable bonds is 7. The van der Waals surface area contributed by atoms with E-state index in [9.17, 15) is 0 Å². The van der Waals surface area contributed by atoms with Gasteiger partial charge in [-0.3, -0.25) is 0 Å². The highest BCUT2D eigenvalue weighted by atomic mass is 15.2. The van der Waals surface area contributed by atoms with Crippen molar-refractivity contribution in [3.8, 4) is 0 Å². The molecule has 1 aromatic heterocycles. The molecule has 1 N–H and O–H groups in total. The quantitative estimate of drug-likeness (QED) is 0.824. The number of hydrogen-bond acceptors (Lipinski definition) is 3. The van der Waals surface area contributed by atoms with Crippen LogP contribution in [0.4, 0.5) is 5.82 Å². The maximum absolute atomic E-state index is 4.67. The van der Waals surface area contributed by atoms with Crippen molar-refractivity contribution in [1.82, 2.24) is 10.3 Å². The molecule has 1 heterocycles. The Labute approximate surface area is 123 Å². The van der Waals surface area contributed by atoms with Crippen LogP contribution < -0.4 is 10.2 Å². The van der Waals surface area contributed by atoms with Gasteiger partial charge in [-0.1, -0.05) is 13.0 Å². The van der Waals surface area contributed by atoms with Gasteiger partial charge in [0.15, 0.2) is 0 Å². The van der Waals surface area contributed by atoms with Crippen LogP contribution in [0, 0.1) is 5.92 Å². The van der Waals surface area contributed by atoms with Crippen molar-refractivity contribution in [2.45, 2.75) is 59.0 Å². The first-order chi connectivity index (χ1) is 9.48. The molecule has 0 spiro atoms. The molecule has 0 atom stereocenters. The Morgan fingerprint density at radius 3 is 2.55 bits per heavy atom. The standard InChI is InChI=1S/C17H29N3/c1-5-10-20(13-14-6-7-14)16-9-8-15(11-18-16)12-19-17(2,3)4/h8-9,11,14,19H,5-7,10,12-13H2,1-4H3. The summed E-state index contributed by atoms with van der Waals surface area (Å²) >= 11 is 0. The van der Waals surface area contributed by atoms with E-state index in [1.165, 1.54) is 31.4 Å². The summed E-state index contributed by atoms with van der Waals surface area (Å²) in [7, 11) is 0. The maximum Gasteiger partial charge on any atom is 0.128 e. The lowest BCUT2D eigenvalue weighted by molar-refractivity contribution is 0.424. The van der Waals surface area contributed by atoms with Crippen molar-refractivity contribution in [1.29, 1.82) is 0 Å². The zero-order valence-corrected chi connectivity index (χ0v) is 13.4. The van der Waals surface area contributed by atoms with Crippen molar-refractivity contribution >= 4 is 5.82 Å². The molecular weight excluding hydrogens is 246 g/mol. The lowest BCUT2D eigenvalue weighted by Gasteiger charge is -2.24. The largest absolute Gasteiger partial charge is 0.356 e. The van der Waals surface area contributed by atoms with Crippen LogP contribution in [-0.4, -0.2) is 23.6 Å². The predicted octanol–water partition coefficient (Wildman–Crippen LogP) is 3.60. The molecule has 1 saturated carbocycles. The molecule has 3 nitrogen and oxygen atoms in total. The van der Waals surface area contributed by atoms with E-state index in [0.717, 1.165) is 24.8 Å². The van der Waals surface area contributed by atoms with Crippen LogP contribution in [-0.2, 0) is 6.54 Å². The van der Waals surface area contributed by atoms with Gasteiger partial charge in [-0.05, 0) is 57.6 Å². The summed E-state index contributed by atoms with van der Waals surface area (Å²) in [5.74, 6) is 2.05. The molecule has 0 amide bonds. The SMILES string of the molecule is CCCN(CC1CC1)c1ccc(CNC(C)(C)C)cn1. The highest BCUT2D eigenvalue weighted by Gasteiger charge is 2.24. The van der Waals surface area contributed by atoms with Gasteiger partial charge in [0.2, 0.25) is 0 Å². The van der Waals surface area contributed by atoms with E-state index in [4.69, 9.17) is 0 Å². The van der Waals surface area contributed by atoms with E-state index < -0.39 is 0 Å². The first-order valence-electron chi connectivity index (χ1n) is 7.93. The third kappa shape index (κ3) is 5.12. The van der Waals surface area contributed by atoms with Crippen LogP contribution in [0.25, 0.3) is 0 Å². The number of hydrogen-bond donors (Lipinski definition) is 1. The Kier molecular flexibility index (Phi) is 5.03. The van der Waals surface area contributed by atoms with Gasteiger partial charge < -0.3 is 10.2 Å². The monoisotopic (exact) mass is 275 g/mol. The Bertz CT molecular complexity index is 401. The minimum Gasteiger partial charge on any atom is -0.356 e. The average molecular weight is 275 g/mol. The molecule has 0 unspecified atom stereocenters. The van der Waals surface area contributed by atoms with Gasteiger partial charge in [0.1, 0.15) is 5.82 Å². The first kappa shape index (κ1) is 15.3. The number of pyridine rings is 1. The third-order valence-corrected chi connectivity index (χ3v) is 3.62. The molecule has 2 rings (SSSR count). The van der Waals surface area contributed by atoms with E-state index in [1.54, 1.807) is 0 Å². The number of anilines is 1. The minimum atomic E-state index is 0.152. The zero-order valence-electron chi connectivity index (χ0n) is 13.4. The molecule has 1 fully saturated rings. The lowest BCUT2D eigenvalue weighted by atomic mass is 10.1. The molecule has 3 heteroatoms. The van der Waals surface area contributed by atoms with Gasteiger partial charge in [-0.15, -0.1) is 0 Å². The van der Waals surface area contributed by atoms with Crippen LogP contribution in [0.15, 0.2) is 18.3 Å². The number of aromatic nitrogens is 1. The molecule has 1 aromatic rings.